The van der Waals surface area contributed by atoms with Crippen molar-refractivity contribution in [2.45, 2.75) is 88.0 Å². The van der Waals surface area contributed by atoms with Gasteiger partial charge in [-0.3, -0.25) is 9.69 Å². The van der Waals surface area contributed by atoms with Crippen molar-refractivity contribution >= 4 is 18.3 Å². The quantitative estimate of drug-likeness (QED) is 0.126. The van der Waals surface area contributed by atoms with Gasteiger partial charge in [0.25, 0.3) is 0 Å². The molecular weight excluding hydrogens is 640 g/mol. The van der Waals surface area contributed by atoms with Crippen molar-refractivity contribution in [1.82, 2.24) is 10.2 Å². The van der Waals surface area contributed by atoms with Crippen LogP contribution in [0.4, 0.5) is 0 Å². The number of hydrogen-bond acceptors (Lipinski definition) is 4. The second-order valence-corrected chi connectivity index (χ2v) is 14.2. The number of nitrogens with one attached hydrogen (secondary N) is 1. The predicted molar refractivity (Wildman–Crippen MR) is 207 cm³/mol. The molecule has 2 aliphatic rings. The predicted octanol–water partition coefficient (Wildman–Crippen LogP) is 9.13. The van der Waals surface area contributed by atoms with E-state index in [1.165, 1.54) is 60.0 Å². The van der Waals surface area contributed by atoms with E-state index in [2.05, 4.69) is 95.1 Å². The third-order valence-corrected chi connectivity index (χ3v) is 11.3. The molecule has 1 unspecified atom stereocenters. The van der Waals surface area contributed by atoms with Crippen LogP contribution in [0, 0.1) is 0 Å². The van der Waals surface area contributed by atoms with Crippen LogP contribution in [-0.4, -0.2) is 50.2 Å². The number of benzene rings is 4. The summed E-state index contributed by atoms with van der Waals surface area (Å²) in [5.41, 5.74) is 6.87. The van der Waals surface area contributed by atoms with Crippen LogP contribution in [0.1, 0.15) is 85.6 Å². The summed E-state index contributed by atoms with van der Waals surface area (Å²) in [6, 6.07) is 36.9. The smallest absolute Gasteiger partial charge is 0.220 e. The molecule has 5 nitrogen and oxygen atoms in total. The summed E-state index contributed by atoms with van der Waals surface area (Å²) in [5.74, 6) is 1.81. The molecule has 1 aliphatic heterocycles. The number of carbonyl (C=O) groups excluding carboxylic acids is 1. The summed E-state index contributed by atoms with van der Waals surface area (Å²) in [5, 5.41) is 3.23. The SMILES string of the molecule is COc1cc2c(cc1OC)CC1(CCCCN1CCCC(CCCNC(=O)CCc1ccccc1)(c1ccccc1)c1ccccc1)CC2.Cl. The zero-order valence-electron chi connectivity index (χ0n) is 30.0. The van der Waals surface area contributed by atoms with Gasteiger partial charge < -0.3 is 14.8 Å². The van der Waals surface area contributed by atoms with Gasteiger partial charge >= 0.3 is 0 Å². The second-order valence-electron chi connectivity index (χ2n) is 14.2. The maximum Gasteiger partial charge on any atom is 0.220 e. The lowest BCUT2D eigenvalue weighted by molar-refractivity contribution is -0.121. The highest BCUT2D eigenvalue weighted by atomic mass is 35.5. The van der Waals surface area contributed by atoms with E-state index in [1.54, 1.807) is 14.2 Å². The van der Waals surface area contributed by atoms with Crippen molar-refractivity contribution in [3.8, 4) is 11.5 Å². The minimum absolute atomic E-state index is 0. The standard InChI is InChI=1S/C44H54N2O3.ClH/c1-48-40-32-36-24-28-43(34-37(36)33-41(40)49-2)25-12-13-30-46(43)31-15-27-44(38-18-8-4-9-19-38,39-20-10-5-11-21-39)26-14-29-45-42(47)23-22-35-16-6-3-7-17-35;/h3-11,16-21,32-33H,12-15,22-31,34H2,1-2H3,(H,45,47);1H. The van der Waals surface area contributed by atoms with Gasteiger partial charge in [-0.25, -0.2) is 0 Å². The highest BCUT2D eigenvalue weighted by Gasteiger charge is 2.42. The number of carbonyl (C=O) groups is 1. The minimum atomic E-state index is -0.122. The van der Waals surface area contributed by atoms with Crippen LogP contribution in [0.25, 0.3) is 0 Å². The number of methoxy groups -OCH3 is 2. The zero-order valence-corrected chi connectivity index (χ0v) is 30.8. The number of rotatable bonds is 15. The molecule has 50 heavy (non-hydrogen) atoms. The Bertz CT molecular complexity index is 1590. The zero-order chi connectivity index (χ0) is 33.9. The van der Waals surface area contributed by atoms with Crippen LogP contribution in [-0.2, 0) is 29.5 Å². The number of halogens is 1. The van der Waals surface area contributed by atoms with Crippen LogP contribution in [0.5, 0.6) is 11.5 Å². The third-order valence-electron chi connectivity index (χ3n) is 11.3. The molecule has 1 saturated heterocycles. The lowest BCUT2D eigenvalue weighted by Gasteiger charge is -2.50. The van der Waals surface area contributed by atoms with E-state index in [0.29, 0.717) is 13.0 Å². The van der Waals surface area contributed by atoms with E-state index in [0.717, 1.165) is 63.0 Å². The first-order chi connectivity index (χ1) is 24.0. The van der Waals surface area contributed by atoms with Crippen molar-refractivity contribution in [2.24, 2.45) is 0 Å². The summed E-state index contributed by atoms with van der Waals surface area (Å²) >= 11 is 0. The fourth-order valence-electron chi connectivity index (χ4n) is 8.72. The molecule has 4 aromatic rings. The van der Waals surface area contributed by atoms with Gasteiger partial charge in [0.2, 0.25) is 5.91 Å². The van der Waals surface area contributed by atoms with Gasteiger partial charge in [0.15, 0.2) is 11.5 Å². The summed E-state index contributed by atoms with van der Waals surface area (Å²) in [4.78, 5) is 15.6. The summed E-state index contributed by atoms with van der Waals surface area (Å²) in [7, 11) is 3.47. The highest BCUT2D eigenvalue weighted by molar-refractivity contribution is 5.85. The van der Waals surface area contributed by atoms with Crippen LogP contribution in [0.3, 0.4) is 0 Å². The van der Waals surface area contributed by atoms with Crippen molar-refractivity contribution < 1.29 is 14.3 Å². The molecule has 266 valence electrons. The number of fused-ring (bicyclic) bond motifs is 1. The number of aryl methyl sites for hydroxylation is 2. The molecule has 0 aromatic heterocycles. The van der Waals surface area contributed by atoms with Gasteiger partial charge in [-0.2, -0.15) is 0 Å². The first-order valence-corrected chi connectivity index (χ1v) is 18.5. The topological polar surface area (TPSA) is 50.8 Å². The van der Waals surface area contributed by atoms with E-state index in [9.17, 15) is 4.79 Å². The van der Waals surface area contributed by atoms with Gasteiger partial charge in [0.1, 0.15) is 0 Å². The van der Waals surface area contributed by atoms with Crippen LogP contribution < -0.4 is 14.8 Å². The van der Waals surface area contributed by atoms with E-state index in [1.807, 2.05) is 18.2 Å². The molecule has 1 aliphatic carbocycles. The highest BCUT2D eigenvalue weighted by Crippen LogP contribution is 2.45. The Morgan fingerprint density at radius 3 is 2.02 bits per heavy atom. The molecule has 1 N–H and O–H groups in total. The molecular formula is C44H55ClN2O3. The minimum Gasteiger partial charge on any atom is -0.493 e. The Balaban J connectivity index is 0.00000486. The summed E-state index contributed by atoms with van der Waals surface area (Å²) in [6.45, 7) is 2.96. The molecule has 1 amide bonds. The Morgan fingerprint density at radius 1 is 0.780 bits per heavy atom. The average Bonchev–Trinajstić information content (AvgIpc) is 3.16. The van der Waals surface area contributed by atoms with Gasteiger partial charge in [-0.15, -0.1) is 12.4 Å². The lowest BCUT2D eigenvalue weighted by atomic mass is 9.68. The van der Waals surface area contributed by atoms with Crippen molar-refractivity contribution in [1.29, 1.82) is 0 Å². The fourth-order valence-corrected chi connectivity index (χ4v) is 8.72. The third kappa shape index (κ3) is 8.73. The Kier molecular flexibility index (Phi) is 13.4. The molecule has 0 saturated carbocycles. The van der Waals surface area contributed by atoms with Crippen molar-refractivity contribution in [2.75, 3.05) is 33.9 Å². The molecule has 0 radical (unpaired) electrons. The number of hydrogen-bond donors (Lipinski definition) is 1. The van der Waals surface area contributed by atoms with Crippen LogP contribution >= 0.6 is 12.4 Å². The molecule has 0 bridgehead atoms. The van der Waals surface area contributed by atoms with E-state index < -0.39 is 0 Å². The maximum absolute atomic E-state index is 12.8. The first-order valence-electron chi connectivity index (χ1n) is 18.5. The van der Waals surface area contributed by atoms with Gasteiger partial charge in [-0.05, 0) is 117 Å². The number of amides is 1. The molecule has 4 aromatic carbocycles. The number of ether oxygens (including phenoxy) is 2. The van der Waals surface area contributed by atoms with Gasteiger partial charge in [-0.1, -0.05) is 97.4 Å². The molecule has 6 heteroatoms. The van der Waals surface area contributed by atoms with Gasteiger partial charge in [0, 0.05) is 23.9 Å². The van der Waals surface area contributed by atoms with E-state index in [-0.39, 0.29) is 29.3 Å². The monoisotopic (exact) mass is 694 g/mol. The number of nitrogens with zero attached hydrogens (tertiary/aromatic N) is 1. The Labute approximate surface area is 306 Å². The van der Waals surface area contributed by atoms with Crippen LogP contribution in [0.2, 0.25) is 0 Å². The number of piperidine rings is 1. The average molecular weight is 695 g/mol. The van der Waals surface area contributed by atoms with Gasteiger partial charge in [0.05, 0.1) is 14.2 Å². The first kappa shape index (κ1) is 37.5. The second kappa shape index (κ2) is 17.9. The summed E-state index contributed by atoms with van der Waals surface area (Å²) < 4.78 is 11.3. The molecule has 1 spiro atoms. The number of likely N-dealkylation sites (tertiary alicyclic amines) is 1. The Morgan fingerprint density at radius 2 is 1.38 bits per heavy atom. The summed E-state index contributed by atoms with van der Waals surface area (Å²) in [6.07, 6.45) is 12.6. The largest absolute Gasteiger partial charge is 0.493 e. The molecule has 1 heterocycles. The Hall–Kier alpha value is -3.80. The van der Waals surface area contributed by atoms with E-state index >= 15 is 0 Å². The lowest BCUT2D eigenvalue weighted by Crippen LogP contribution is -2.55. The van der Waals surface area contributed by atoms with Crippen molar-refractivity contribution in [3.05, 3.63) is 131 Å². The van der Waals surface area contributed by atoms with Crippen molar-refractivity contribution in [3.63, 3.8) is 0 Å². The van der Waals surface area contributed by atoms with E-state index in [4.69, 9.17) is 9.47 Å². The molecule has 6 rings (SSSR count). The fraction of sp³-hybridized carbons (Fsp3) is 0.432. The molecule has 1 fully saturated rings. The molecule has 1 atom stereocenters. The normalized spacial score (nSPS) is 17.4. The maximum atomic E-state index is 12.8. The van der Waals surface area contributed by atoms with Crippen LogP contribution in [0.15, 0.2) is 103 Å².